The monoisotopic (exact) mass is 990 g/mol. The number of aliphatic hydroxyl groups is 2. The maximum atomic E-state index is 16.5. The average Bonchev–Trinajstić information content (AvgIpc) is 3.43. The largest absolute Gasteiger partial charge is 0.496 e. The minimum atomic E-state index is -1.94. The van der Waals surface area contributed by atoms with Gasteiger partial charge in [0.05, 0.1) is 52.7 Å². The van der Waals surface area contributed by atoms with Gasteiger partial charge in [-0.25, -0.2) is 0 Å². The number of benzene rings is 8. The van der Waals surface area contributed by atoms with E-state index in [-0.39, 0.29) is 38.8 Å². The van der Waals surface area contributed by atoms with Crippen molar-refractivity contribution in [1.82, 2.24) is 4.90 Å². The minimum Gasteiger partial charge on any atom is -0.496 e. The molecule has 4 unspecified atom stereocenters. The Morgan fingerprint density at radius 3 is 1.26 bits per heavy atom. The van der Waals surface area contributed by atoms with Gasteiger partial charge in [-0.1, -0.05) is 177 Å². The van der Waals surface area contributed by atoms with Crippen molar-refractivity contribution in [1.29, 1.82) is 0 Å². The van der Waals surface area contributed by atoms with E-state index in [0.29, 0.717) is 58.1 Å². The molecular formula is C64H66N2O8. The van der Waals surface area contributed by atoms with E-state index in [1.54, 1.807) is 33.3 Å². The highest BCUT2D eigenvalue weighted by Crippen LogP contribution is 2.49. The van der Waals surface area contributed by atoms with Gasteiger partial charge in [-0.2, -0.15) is 0 Å². The molecule has 8 aromatic carbocycles. The van der Waals surface area contributed by atoms with Crippen LogP contribution < -0.4 is 24.7 Å². The summed E-state index contributed by atoms with van der Waals surface area (Å²) >= 11 is 0. The van der Waals surface area contributed by atoms with Gasteiger partial charge in [-0.15, -0.1) is 0 Å². The van der Waals surface area contributed by atoms with Gasteiger partial charge >= 0.3 is 0 Å². The first-order chi connectivity index (χ1) is 36.0. The van der Waals surface area contributed by atoms with Crippen LogP contribution in [0.2, 0.25) is 0 Å². The van der Waals surface area contributed by atoms with Crippen LogP contribution in [0.15, 0.2) is 182 Å². The third-order valence-corrected chi connectivity index (χ3v) is 15.4. The molecule has 0 aliphatic heterocycles. The Hall–Kier alpha value is -7.66. The first-order valence-electron chi connectivity index (χ1n) is 25.5. The molecule has 0 spiro atoms. The summed E-state index contributed by atoms with van der Waals surface area (Å²) in [6, 6.07) is 58.5. The van der Waals surface area contributed by atoms with Gasteiger partial charge in [0.25, 0.3) is 0 Å². The fourth-order valence-corrected chi connectivity index (χ4v) is 12.0. The summed E-state index contributed by atoms with van der Waals surface area (Å²) in [5.74, 6) is -0.945. The van der Waals surface area contributed by atoms with Gasteiger partial charge in [0.15, 0.2) is 0 Å². The summed E-state index contributed by atoms with van der Waals surface area (Å²) in [5.41, 5.74) is 5.24. The highest BCUT2D eigenvalue weighted by Gasteiger charge is 2.53. The van der Waals surface area contributed by atoms with Crippen LogP contribution in [0.1, 0.15) is 77.3 Å². The third-order valence-electron chi connectivity index (χ3n) is 15.4. The highest BCUT2D eigenvalue weighted by atomic mass is 16.5. The fraction of sp³-hybridized carbons (Fsp3) is 0.281. The molecule has 1 aliphatic carbocycles. The fourth-order valence-electron chi connectivity index (χ4n) is 12.0. The zero-order valence-corrected chi connectivity index (χ0v) is 42.7. The number of hydrogen-bond donors (Lipinski definition) is 3. The summed E-state index contributed by atoms with van der Waals surface area (Å²) in [6.07, 6.45) is 2.36. The van der Waals surface area contributed by atoms with Gasteiger partial charge in [0.1, 0.15) is 28.4 Å². The van der Waals surface area contributed by atoms with Crippen LogP contribution in [0.3, 0.4) is 0 Å². The Bertz CT molecular complexity index is 3060. The van der Waals surface area contributed by atoms with Gasteiger partial charge in [-0.05, 0) is 80.9 Å². The van der Waals surface area contributed by atoms with Crippen LogP contribution in [0.4, 0.5) is 0 Å². The molecule has 8 aromatic rings. The second-order valence-corrected chi connectivity index (χ2v) is 19.8. The normalized spacial score (nSPS) is 15.8. The lowest BCUT2D eigenvalue weighted by molar-refractivity contribution is -0.159. The van der Waals surface area contributed by atoms with Crippen LogP contribution in [0.25, 0.3) is 21.5 Å². The molecule has 0 aromatic heterocycles. The maximum Gasteiger partial charge on any atom is 0.238 e. The summed E-state index contributed by atoms with van der Waals surface area (Å²) in [4.78, 5) is 32.4. The number of primary amides is 1. The molecule has 0 bridgehead atoms. The number of nitrogens with zero attached hydrogens (tertiary/aromatic N) is 1. The predicted molar refractivity (Wildman–Crippen MR) is 292 cm³/mol. The van der Waals surface area contributed by atoms with Crippen LogP contribution in [0.5, 0.6) is 23.0 Å². The van der Waals surface area contributed by atoms with Gasteiger partial charge in [0, 0.05) is 35.8 Å². The second-order valence-electron chi connectivity index (χ2n) is 19.8. The van der Waals surface area contributed by atoms with E-state index in [1.165, 1.54) is 0 Å². The molecule has 0 saturated heterocycles. The number of methoxy groups -OCH3 is 4. The number of hydrogen-bond acceptors (Lipinski definition) is 8. The molecule has 9 rings (SSSR count). The van der Waals surface area contributed by atoms with E-state index in [1.807, 2.05) is 182 Å². The number of para-hydroxylation sites is 4. The lowest BCUT2D eigenvalue weighted by atomic mass is 9.69. The first-order valence-corrected chi connectivity index (χ1v) is 25.5. The lowest BCUT2D eigenvalue weighted by Gasteiger charge is -2.48. The predicted octanol–water partition coefficient (Wildman–Crippen LogP) is 11.2. The van der Waals surface area contributed by atoms with Crippen molar-refractivity contribution in [2.45, 2.75) is 68.0 Å². The molecule has 0 radical (unpaired) electrons. The highest BCUT2D eigenvalue weighted by molar-refractivity contribution is 6.04. The van der Waals surface area contributed by atoms with Gasteiger partial charge in [-0.3, -0.25) is 9.59 Å². The number of ether oxygens (including phenoxy) is 4. The Kier molecular flexibility index (Phi) is 15.4. The number of amides is 2. The van der Waals surface area contributed by atoms with Crippen LogP contribution >= 0.6 is 0 Å². The standard InChI is InChI=1S/C64H66N2O8/c1-71-54-34-14-8-24-46(54)40-63(69,58(52-30-12-16-36-56(52)73-3)50-32-20-26-44-22-6-10-28-48(44)50)42-66(61(68)62(60(65)67)38-18-5-19-39-62)43-64(70,41-47-25-9-15-35-55(47)72-2)59(53-31-13-17-37-57(53)74-4)51-33-21-27-45-23-7-11-29-49(45)51/h6-17,20-37,58-59,69-70H,5,18-19,38-43H2,1-4H3,(H2,65,67). The smallest absolute Gasteiger partial charge is 0.238 e. The number of carbonyl (C=O) groups excluding carboxylic acids is 2. The Morgan fingerprint density at radius 2 is 0.838 bits per heavy atom. The molecule has 10 heteroatoms. The molecule has 10 nitrogen and oxygen atoms in total. The molecule has 0 heterocycles. The first kappa shape index (κ1) is 51.2. The molecule has 4 N–H and O–H groups in total. The van der Waals surface area contributed by atoms with Crippen LogP contribution in [-0.4, -0.2) is 79.7 Å². The van der Waals surface area contributed by atoms with E-state index in [0.717, 1.165) is 39.1 Å². The van der Waals surface area contributed by atoms with E-state index < -0.39 is 40.3 Å². The molecule has 4 atom stereocenters. The summed E-state index contributed by atoms with van der Waals surface area (Å²) in [6.45, 7) is -0.763. The SMILES string of the molecule is COc1ccccc1CC(O)(CN(CC(O)(Cc1ccccc1OC)C(c1ccccc1OC)c1cccc2ccccc12)C(=O)C1(C(N)=O)CCCCC1)C(c1ccccc1OC)c1cccc2ccccc12. The zero-order chi connectivity index (χ0) is 51.9. The van der Waals surface area contributed by atoms with Crippen molar-refractivity contribution >= 4 is 33.4 Å². The zero-order valence-electron chi connectivity index (χ0n) is 42.7. The minimum absolute atomic E-state index is 0.0412. The van der Waals surface area contributed by atoms with Crippen molar-refractivity contribution in [3.8, 4) is 23.0 Å². The number of rotatable bonds is 20. The van der Waals surface area contributed by atoms with Gasteiger partial charge < -0.3 is 39.8 Å². The summed E-state index contributed by atoms with van der Waals surface area (Å²) in [7, 11) is 6.41. The number of fused-ring (bicyclic) bond motifs is 2. The van der Waals surface area contributed by atoms with Crippen molar-refractivity contribution in [2.24, 2.45) is 11.1 Å². The topological polar surface area (TPSA) is 141 Å². The number of nitrogens with two attached hydrogens (primary N) is 1. The van der Waals surface area contributed by atoms with Crippen molar-refractivity contribution in [3.05, 3.63) is 215 Å². The van der Waals surface area contributed by atoms with E-state index in [4.69, 9.17) is 24.7 Å². The maximum absolute atomic E-state index is 16.5. The van der Waals surface area contributed by atoms with Crippen LogP contribution in [-0.2, 0) is 22.4 Å². The van der Waals surface area contributed by atoms with E-state index in [2.05, 4.69) is 0 Å². The molecule has 1 aliphatic rings. The van der Waals surface area contributed by atoms with E-state index in [9.17, 15) is 15.0 Å². The van der Waals surface area contributed by atoms with Gasteiger partial charge in [0.2, 0.25) is 11.8 Å². The van der Waals surface area contributed by atoms with Crippen molar-refractivity contribution in [2.75, 3.05) is 41.5 Å². The Morgan fingerprint density at radius 1 is 0.486 bits per heavy atom. The van der Waals surface area contributed by atoms with Crippen LogP contribution in [0, 0.1) is 5.41 Å². The molecular weight excluding hydrogens is 925 g/mol. The molecule has 2 amide bonds. The summed E-state index contributed by atoms with van der Waals surface area (Å²) in [5, 5.41) is 33.1. The quantitative estimate of drug-likeness (QED) is 0.0641. The lowest BCUT2D eigenvalue weighted by Crippen LogP contribution is -2.61. The van der Waals surface area contributed by atoms with Crippen molar-refractivity contribution in [3.63, 3.8) is 0 Å². The average molecular weight is 991 g/mol. The molecule has 1 saturated carbocycles. The third kappa shape index (κ3) is 10.0. The Balaban J connectivity index is 1.36. The second kappa shape index (κ2) is 22.2. The van der Waals surface area contributed by atoms with Crippen molar-refractivity contribution < 1.29 is 38.7 Å². The summed E-state index contributed by atoms with van der Waals surface area (Å²) < 4.78 is 24.3. The molecule has 1 fully saturated rings. The Labute approximate surface area is 434 Å². The number of carbonyl (C=O) groups is 2. The molecule has 74 heavy (non-hydrogen) atoms. The van der Waals surface area contributed by atoms with E-state index >= 15 is 4.79 Å². The molecule has 380 valence electrons.